The van der Waals surface area contributed by atoms with E-state index >= 15 is 0 Å². The summed E-state index contributed by atoms with van der Waals surface area (Å²) in [6, 6.07) is 10.5. The maximum atomic E-state index is 6.10. The predicted molar refractivity (Wildman–Crippen MR) is 77.6 cm³/mol. The van der Waals surface area contributed by atoms with Gasteiger partial charge in [-0.05, 0) is 36.5 Å². The molecule has 0 atom stereocenters. The third-order valence-electron chi connectivity index (χ3n) is 3.59. The Kier molecular flexibility index (Phi) is 4.96. The number of benzene rings is 1. The fourth-order valence-corrected chi connectivity index (χ4v) is 2.29. The molecule has 0 saturated heterocycles. The molecule has 0 aromatic heterocycles. The summed E-state index contributed by atoms with van der Waals surface area (Å²) < 4.78 is 6.10. The minimum Gasteiger partial charge on any atom is -0.417 e. The molecule has 0 spiro atoms. The molecule has 0 N–H and O–H groups in total. The summed E-state index contributed by atoms with van der Waals surface area (Å²) in [5, 5.41) is 0.299. The normalized spacial score (nSPS) is 12.8. The van der Waals surface area contributed by atoms with Crippen LogP contribution in [0.1, 0.15) is 26.3 Å². The first kappa shape index (κ1) is 14.5. The van der Waals surface area contributed by atoms with Gasteiger partial charge in [-0.2, -0.15) is 0 Å². The van der Waals surface area contributed by atoms with Gasteiger partial charge in [-0.15, -0.1) is 0 Å². The highest BCUT2D eigenvalue weighted by atomic mass is 28.4. The zero-order chi connectivity index (χ0) is 12.9. The molecule has 1 radical (unpaired) electrons. The van der Waals surface area contributed by atoms with Crippen molar-refractivity contribution >= 4 is 8.32 Å². The van der Waals surface area contributed by atoms with E-state index in [1.165, 1.54) is 5.56 Å². The van der Waals surface area contributed by atoms with E-state index < -0.39 is 8.32 Å². The van der Waals surface area contributed by atoms with Crippen molar-refractivity contribution in [2.24, 2.45) is 0 Å². The van der Waals surface area contributed by atoms with Crippen molar-refractivity contribution in [3.63, 3.8) is 0 Å². The van der Waals surface area contributed by atoms with E-state index in [0.29, 0.717) is 5.04 Å². The molecule has 0 aliphatic carbocycles. The molecule has 0 bridgehead atoms. The highest BCUT2D eigenvalue weighted by Gasteiger charge is 2.36. The lowest BCUT2D eigenvalue weighted by molar-refractivity contribution is 0.314. The summed E-state index contributed by atoms with van der Waals surface area (Å²) >= 11 is 0. The molecule has 0 amide bonds. The van der Waals surface area contributed by atoms with Crippen LogP contribution in [0.4, 0.5) is 0 Å². The second-order valence-corrected chi connectivity index (χ2v) is 10.9. The van der Waals surface area contributed by atoms with Crippen LogP contribution in [0.15, 0.2) is 30.3 Å². The lowest BCUT2D eigenvalue weighted by atomic mass is 10.1. The van der Waals surface area contributed by atoms with E-state index in [4.69, 9.17) is 4.43 Å². The van der Waals surface area contributed by atoms with Gasteiger partial charge >= 0.3 is 0 Å². The van der Waals surface area contributed by atoms with Crippen LogP contribution in [0.3, 0.4) is 0 Å². The van der Waals surface area contributed by atoms with Crippen LogP contribution in [0, 0.1) is 6.42 Å². The Balaban J connectivity index is 2.30. The van der Waals surface area contributed by atoms with Crippen LogP contribution in [-0.2, 0) is 10.8 Å². The van der Waals surface area contributed by atoms with Crippen molar-refractivity contribution in [2.75, 3.05) is 6.61 Å². The van der Waals surface area contributed by atoms with Gasteiger partial charge in [0, 0.05) is 6.61 Å². The molecule has 0 heterocycles. The quantitative estimate of drug-likeness (QED) is 0.553. The Labute approximate surface area is 107 Å². The second kappa shape index (κ2) is 5.83. The lowest BCUT2D eigenvalue weighted by Gasteiger charge is -2.36. The van der Waals surface area contributed by atoms with Gasteiger partial charge in [0.25, 0.3) is 0 Å². The molecule has 2 heteroatoms. The van der Waals surface area contributed by atoms with Gasteiger partial charge in [0.2, 0.25) is 0 Å². The first-order valence-corrected chi connectivity index (χ1v) is 9.23. The summed E-state index contributed by atoms with van der Waals surface area (Å²) in [4.78, 5) is 0. The highest BCUT2D eigenvalue weighted by molar-refractivity contribution is 6.74. The van der Waals surface area contributed by atoms with E-state index in [0.717, 1.165) is 13.0 Å². The Hall–Kier alpha value is -0.603. The van der Waals surface area contributed by atoms with E-state index in [2.05, 4.69) is 70.6 Å². The minimum atomic E-state index is -1.57. The van der Waals surface area contributed by atoms with Crippen molar-refractivity contribution in [1.82, 2.24) is 0 Å². The molecule has 0 aliphatic rings. The van der Waals surface area contributed by atoms with Crippen molar-refractivity contribution in [2.45, 2.75) is 45.3 Å². The second-order valence-electron chi connectivity index (χ2n) is 6.05. The van der Waals surface area contributed by atoms with Gasteiger partial charge in [-0.25, -0.2) is 0 Å². The van der Waals surface area contributed by atoms with E-state index in [9.17, 15) is 0 Å². The summed E-state index contributed by atoms with van der Waals surface area (Å²) in [5.74, 6) is 0. The molecule has 0 fully saturated rings. The summed E-state index contributed by atoms with van der Waals surface area (Å²) in [7, 11) is -1.57. The van der Waals surface area contributed by atoms with Crippen LogP contribution in [0.25, 0.3) is 0 Å². The Morgan fingerprint density at radius 3 is 2.24 bits per heavy atom. The van der Waals surface area contributed by atoms with Crippen LogP contribution in [-0.4, -0.2) is 14.9 Å². The van der Waals surface area contributed by atoms with Gasteiger partial charge in [0.05, 0.1) is 0 Å². The average molecular weight is 249 g/mol. The first-order valence-electron chi connectivity index (χ1n) is 6.32. The van der Waals surface area contributed by atoms with E-state index in [-0.39, 0.29) is 0 Å². The average Bonchev–Trinajstić information content (AvgIpc) is 2.24. The molecule has 1 rings (SSSR count). The third kappa shape index (κ3) is 4.64. The molecule has 1 nitrogen and oxygen atoms in total. The van der Waals surface area contributed by atoms with Crippen LogP contribution < -0.4 is 0 Å². The molecule has 1 aromatic rings. The fraction of sp³-hybridized carbons (Fsp3) is 0.533. The lowest BCUT2D eigenvalue weighted by Crippen LogP contribution is -2.41. The Bertz CT molecular complexity index is 325. The van der Waals surface area contributed by atoms with Crippen LogP contribution in [0.2, 0.25) is 18.1 Å². The number of hydrogen-bond donors (Lipinski definition) is 0. The van der Waals surface area contributed by atoms with Crippen molar-refractivity contribution in [3.05, 3.63) is 42.3 Å². The monoisotopic (exact) mass is 249 g/mol. The largest absolute Gasteiger partial charge is 0.417 e. The van der Waals surface area contributed by atoms with Gasteiger partial charge in [-0.1, -0.05) is 51.1 Å². The van der Waals surface area contributed by atoms with Gasteiger partial charge < -0.3 is 4.43 Å². The predicted octanol–water partition coefficient (Wildman–Crippen LogP) is 4.46. The molecule has 0 saturated carbocycles. The molecular formula is C15H25OSi. The fourth-order valence-electron chi connectivity index (χ4n) is 1.32. The molecular weight excluding hydrogens is 224 g/mol. The van der Waals surface area contributed by atoms with Gasteiger partial charge in [0.1, 0.15) is 0 Å². The van der Waals surface area contributed by atoms with Crippen LogP contribution in [0.5, 0.6) is 0 Å². The zero-order valence-electron chi connectivity index (χ0n) is 11.8. The van der Waals surface area contributed by atoms with Crippen LogP contribution >= 0.6 is 0 Å². The van der Waals surface area contributed by atoms with E-state index in [1.54, 1.807) is 0 Å². The highest BCUT2D eigenvalue weighted by Crippen LogP contribution is 2.36. The molecule has 17 heavy (non-hydrogen) atoms. The molecule has 95 valence electrons. The van der Waals surface area contributed by atoms with Crippen molar-refractivity contribution in [3.8, 4) is 0 Å². The standard InChI is InChI=1S/C15H25OSi/c1-15(2,3)17(4,5)16-13-9-12-14-10-7-6-8-11-14/h6-11H,12-13H2,1-5H3. The SMILES string of the molecule is CC(C)(C)[Si](C)(C)OC[CH]Cc1ccccc1. The summed E-state index contributed by atoms with van der Waals surface area (Å²) in [5.41, 5.74) is 1.35. The Morgan fingerprint density at radius 2 is 1.71 bits per heavy atom. The van der Waals surface area contributed by atoms with Crippen molar-refractivity contribution in [1.29, 1.82) is 0 Å². The number of hydrogen-bond acceptors (Lipinski definition) is 1. The van der Waals surface area contributed by atoms with Gasteiger partial charge in [0.15, 0.2) is 8.32 Å². The maximum Gasteiger partial charge on any atom is 0.191 e. The Morgan fingerprint density at radius 1 is 1.12 bits per heavy atom. The summed E-state index contributed by atoms with van der Waals surface area (Å²) in [6.07, 6.45) is 3.23. The zero-order valence-corrected chi connectivity index (χ0v) is 12.8. The molecule has 0 unspecified atom stereocenters. The molecule has 0 aliphatic heterocycles. The van der Waals surface area contributed by atoms with Crippen molar-refractivity contribution < 1.29 is 4.43 Å². The van der Waals surface area contributed by atoms with E-state index in [1.807, 2.05) is 0 Å². The molecule has 1 aromatic carbocycles. The van der Waals surface area contributed by atoms with Gasteiger partial charge in [-0.3, -0.25) is 0 Å². The number of rotatable bonds is 5. The minimum absolute atomic E-state index is 0.299. The maximum absolute atomic E-state index is 6.10. The summed E-state index contributed by atoms with van der Waals surface area (Å²) in [6.45, 7) is 12.2. The third-order valence-corrected chi connectivity index (χ3v) is 8.09. The topological polar surface area (TPSA) is 9.23 Å². The smallest absolute Gasteiger partial charge is 0.191 e. The first-order chi connectivity index (χ1) is 7.83.